The molecule has 0 aliphatic carbocycles. The summed E-state index contributed by atoms with van der Waals surface area (Å²) < 4.78 is 10.4. The van der Waals surface area contributed by atoms with Crippen molar-refractivity contribution in [1.29, 1.82) is 0 Å². The van der Waals surface area contributed by atoms with Gasteiger partial charge in [-0.3, -0.25) is 4.79 Å². The van der Waals surface area contributed by atoms with Crippen molar-refractivity contribution in [3.8, 4) is 5.75 Å². The number of rotatable bonds is 8. The fourth-order valence-electron chi connectivity index (χ4n) is 2.50. The highest BCUT2D eigenvalue weighted by Crippen LogP contribution is 2.17. The van der Waals surface area contributed by atoms with Gasteiger partial charge in [0.25, 0.3) is 5.91 Å². The minimum atomic E-state index is 0.0303. The molecule has 5 nitrogen and oxygen atoms in total. The molecular weight excluding hydrogens is 292 g/mol. The highest BCUT2D eigenvalue weighted by molar-refractivity contribution is 5.95. The zero-order valence-corrected chi connectivity index (χ0v) is 14.0. The smallest absolute Gasteiger partial charge is 0.255 e. The van der Waals surface area contributed by atoms with Gasteiger partial charge in [0.15, 0.2) is 0 Å². The maximum Gasteiger partial charge on any atom is 0.255 e. The third-order valence-corrected chi connectivity index (χ3v) is 3.76. The lowest BCUT2D eigenvalue weighted by Crippen LogP contribution is -2.32. The number of nitrogens with zero attached hydrogens (tertiary/aromatic N) is 1. The number of benzene rings is 1. The number of carbonyl (C=O) groups excluding carboxylic acids is 1. The first-order chi connectivity index (χ1) is 11.2. The molecule has 1 N–H and O–H groups in total. The van der Waals surface area contributed by atoms with Crippen LogP contribution < -0.4 is 4.74 Å². The van der Waals surface area contributed by atoms with E-state index in [1.165, 1.54) is 0 Å². The number of aromatic nitrogens is 1. The molecule has 0 aliphatic rings. The second-order valence-electron chi connectivity index (χ2n) is 5.44. The molecule has 124 valence electrons. The zero-order chi connectivity index (χ0) is 16.7. The molecule has 0 saturated heterocycles. The molecular formula is C18H24N2O3. The third-order valence-electron chi connectivity index (χ3n) is 3.76. The minimum Gasteiger partial charge on any atom is -0.497 e. The molecule has 2 rings (SSSR count). The van der Waals surface area contributed by atoms with Gasteiger partial charge in [0.2, 0.25) is 0 Å². The van der Waals surface area contributed by atoms with Crippen LogP contribution in [0.2, 0.25) is 0 Å². The topological polar surface area (TPSA) is 54.6 Å². The summed E-state index contributed by atoms with van der Waals surface area (Å²) in [5.41, 5.74) is 2.64. The number of H-pyrrole nitrogens is 1. The number of hydrogen-bond acceptors (Lipinski definition) is 3. The SMILES string of the molecule is COCCCN(Cc1cccc(OC)c1)C(=O)c1cc[nH]c1C. The lowest BCUT2D eigenvalue weighted by molar-refractivity contribution is 0.0723. The first-order valence-electron chi connectivity index (χ1n) is 7.71. The van der Waals surface area contributed by atoms with Crippen molar-refractivity contribution in [2.45, 2.75) is 19.9 Å². The zero-order valence-electron chi connectivity index (χ0n) is 14.0. The average molecular weight is 316 g/mol. The van der Waals surface area contributed by atoms with E-state index in [1.807, 2.05) is 42.2 Å². The van der Waals surface area contributed by atoms with Gasteiger partial charge < -0.3 is 19.4 Å². The molecule has 0 saturated carbocycles. The number of amides is 1. The van der Waals surface area contributed by atoms with Crippen LogP contribution in [0.1, 0.15) is 28.0 Å². The predicted molar refractivity (Wildman–Crippen MR) is 89.8 cm³/mol. The number of carbonyl (C=O) groups is 1. The van der Waals surface area contributed by atoms with Gasteiger partial charge in [0.1, 0.15) is 5.75 Å². The lowest BCUT2D eigenvalue weighted by atomic mass is 10.1. The predicted octanol–water partition coefficient (Wildman–Crippen LogP) is 3.01. The Bertz CT molecular complexity index is 637. The standard InChI is InChI=1S/C18H24N2O3/c1-14-17(8-9-19-14)18(21)20(10-5-11-22-2)13-15-6-4-7-16(12-15)23-3/h4,6-9,12,19H,5,10-11,13H2,1-3H3. The second kappa shape index (κ2) is 8.39. The number of aromatic amines is 1. The van der Waals surface area contributed by atoms with Crippen LogP contribution in [0, 0.1) is 6.92 Å². The van der Waals surface area contributed by atoms with Crippen LogP contribution >= 0.6 is 0 Å². The van der Waals surface area contributed by atoms with Crippen molar-refractivity contribution in [1.82, 2.24) is 9.88 Å². The van der Waals surface area contributed by atoms with Crippen LogP contribution in [0.15, 0.2) is 36.5 Å². The van der Waals surface area contributed by atoms with Crippen LogP contribution in [0.5, 0.6) is 5.75 Å². The van der Waals surface area contributed by atoms with E-state index in [2.05, 4.69) is 4.98 Å². The summed E-state index contributed by atoms with van der Waals surface area (Å²) >= 11 is 0. The van der Waals surface area contributed by atoms with E-state index in [-0.39, 0.29) is 5.91 Å². The van der Waals surface area contributed by atoms with Gasteiger partial charge in [-0.25, -0.2) is 0 Å². The van der Waals surface area contributed by atoms with E-state index in [9.17, 15) is 4.79 Å². The van der Waals surface area contributed by atoms with Gasteiger partial charge in [-0.1, -0.05) is 12.1 Å². The molecule has 0 atom stereocenters. The molecule has 1 aromatic heterocycles. The van der Waals surface area contributed by atoms with Crippen molar-refractivity contribution in [2.24, 2.45) is 0 Å². The maximum atomic E-state index is 12.8. The number of methoxy groups -OCH3 is 2. The van der Waals surface area contributed by atoms with E-state index >= 15 is 0 Å². The third kappa shape index (κ3) is 4.60. The van der Waals surface area contributed by atoms with Crippen LogP contribution in [-0.4, -0.2) is 43.2 Å². The Morgan fingerprint density at radius 1 is 1.26 bits per heavy atom. The summed E-state index contributed by atoms with van der Waals surface area (Å²) in [6, 6.07) is 9.63. The molecule has 0 fully saturated rings. The number of aryl methyl sites for hydroxylation is 1. The molecule has 2 aromatic rings. The van der Waals surface area contributed by atoms with Gasteiger partial charge >= 0.3 is 0 Å². The Morgan fingerprint density at radius 2 is 2.09 bits per heavy atom. The molecule has 0 aliphatic heterocycles. The number of nitrogens with one attached hydrogen (secondary N) is 1. The van der Waals surface area contributed by atoms with Crippen molar-refractivity contribution in [3.05, 3.63) is 53.3 Å². The number of ether oxygens (including phenoxy) is 2. The maximum absolute atomic E-state index is 12.8. The average Bonchev–Trinajstić information content (AvgIpc) is 2.99. The quantitative estimate of drug-likeness (QED) is 0.762. The molecule has 0 bridgehead atoms. The first kappa shape index (κ1) is 17.1. The summed E-state index contributed by atoms with van der Waals surface area (Å²) in [6.07, 6.45) is 2.59. The van der Waals surface area contributed by atoms with E-state index in [4.69, 9.17) is 9.47 Å². The Hall–Kier alpha value is -2.27. The summed E-state index contributed by atoms with van der Waals surface area (Å²) in [5, 5.41) is 0. The highest BCUT2D eigenvalue weighted by atomic mass is 16.5. The van der Waals surface area contributed by atoms with Gasteiger partial charge in [0.05, 0.1) is 12.7 Å². The molecule has 0 spiro atoms. The lowest BCUT2D eigenvalue weighted by Gasteiger charge is -2.23. The van der Waals surface area contributed by atoms with Gasteiger partial charge in [-0.15, -0.1) is 0 Å². The van der Waals surface area contributed by atoms with Crippen LogP contribution in [0.25, 0.3) is 0 Å². The fraction of sp³-hybridized carbons (Fsp3) is 0.389. The Morgan fingerprint density at radius 3 is 2.74 bits per heavy atom. The normalized spacial score (nSPS) is 10.6. The summed E-state index contributed by atoms with van der Waals surface area (Å²) in [7, 11) is 3.31. The highest BCUT2D eigenvalue weighted by Gasteiger charge is 2.18. The molecule has 5 heteroatoms. The van der Waals surface area contributed by atoms with Crippen molar-refractivity contribution < 1.29 is 14.3 Å². The summed E-state index contributed by atoms with van der Waals surface area (Å²) in [4.78, 5) is 17.7. The molecule has 0 radical (unpaired) electrons. The van der Waals surface area contributed by atoms with Gasteiger partial charge in [-0.2, -0.15) is 0 Å². The van der Waals surface area contributed by atoms with Crippen LogP contribution in [-0.2, 0) is 11.3 Å². The van der Waals surface area contributed by atoms with Gasteiger partial charge in [-0.05, 0) is 37.1 Å². The molecule has 0 unspecified atom stereocenters. The van der Waals surface area contributed by atoms with Gasteiger partial charge in [0, 0.05) is 38.7 Å². The van der Waals surface area contributed by atoms with E-state index in [1.54, 1.807) is 20.4 Å². The van der Waals surface area contributed by atoms with Crippen molar-refractivity contribution in [3.63, 3.8) is 0 Å². The Balaban J connectivity index is 2.16. The fourth-order valence-corrected chi connectivity index (χ4v) is 2.50. The van der Waals surface area contributed by atoms with E-state index in [0.717, 1.165) is 23.4 Å². The van der Waals surface area contributed by atoms with Crippen LogP contribution in [0.3, 0.4) is 0 Å². The largest absolute Gasteiger partial charge is 0.497 e. The molecule has 1 amide bonds. The minimum absolute atomic E-state index is 0.0303. The number of hydrogen-bond donors (Lipinski definition) is 1. The van der Waals surface area contributed by atoms with E-state index < -0.39 is 0 Å². The first-order valence-corrected chi connectivity index (χ1v) is 7.71. The van der Waals surface area contributed by atoms with Crippen molar-refractivity contribution >= 4 is 5.91 Å². The molecule has 1 aromatic carbocycles. The van der Waals surface area contributed by atoms with E-state index in [0.29, 0.717) is 25.3 Å². The summed E-state index contributed by atoms with van der Waals surface area (Å²) in [5.74, 6) is 0.826. The Kier molecular flexibility index (Phi) is 6.23. The van der Waals surface area contributed by atoms with Crippen molar-refractivity contribution in [2.75, 3.05) is 27.4 Å². The Labute approximate surface area is 137 Å². The molecule has 23 heavy (non-hydrogen) atoms. The molecule has 1 heterocycles. The second-order valence-corrected chi connectivity index (χ2v) is 5.44. The summed E-state index contributed by atoms with van der Waals surface area (Å²) in [6.45, 7) is 3.74. The van der Waals surface area contributed by atoms with Crippen LogP contribution in [0.4, 0.5) is 0 Å². The monoisotopic (exact) mass is 316 g/mol.